The first-order valence-electron chi connectivity index (χ1n) is 8.99. The molecule has 0 radical (unpaired) electrons. The number of aromatic nitrogens is 3. The van der Waals surface area contributed by atoms with Gasteiger partial charge in [-0.3, -0.25) is 4.79 Å². The maximum Gasteiger partial charge on any atom is 0.227 e. The minimum atomic E-state index is 0.123. The van der Waals surface area contributed by atoms with Gasteiger partial charge in [-0.05, 0) is 37.1 Å². The number of carbonyl (C=O) groups excluding carboxylic acids is 1. The Bertz CT molecular complexity index is 952. The van der Waals surface area contributed by atoms with Crippen molar-refractivity contribution in [3.63, 3.8) is 0 Å². The third-order valence-electron chi connectivity index (χ3n) is 5.06. The number of carbonyl (C=O) groups is 1. The second kappa shape index (κ2) is 7.08. The van der Waals surface area contributed by atoms with E-state index in [0.717, 1.165) is 42.1 Å². The molecule has 0 aliphatic carbocycles. The molecular weight excluding hydrogens is 348 g/mol. The summed E-state index contributed by atoms with van der Waals surface area (Å²) in [7, 11) is 0. The van der Waals surface area contributed by atoms with Crippen LogP contribution in [0.4, 0.5) is 0 Å². The molecule has 1 saturated heterocycles. The highest BCUT2D eigenvalue weighted by atomic mass is 35.5. The van der Waals surface area contributed by atoms with Crippen molar-refractivity contribution in [3.05, 3.63) is 59.0 Å². The molecule has 3 aromatic rings. The number of hydrogen-bond acceptors (Lipinski definition) is 3. The molecule has 26 heavy (non-hydrogen) atoms. The molecule has 0 bridgehead atoms. The average Bonchev–Trinajstić information content (AvgIpc) is 3.27. The first kappa shape index (κ1) is 17.0. The lowest BCUT2D eigenvalue weighted by atomic mass is 10.1. The van der Waals surface area contributed by atoms with Gasteiger partial charge in [-0.15, -0.1) is 0 Å². The Morgan fingerprint density at radius 3 is 2.92 bits per heavy atom. The van der Waals surface area contributed by atoms with Crippen LogP contribution in [0.1, 0.15) is 30.7 Å². The maximum atomic E-state index is 12.7. The number of likely N-dealkylation sites (tertiary alicyclic amines) is 1. The van der Waals surface area contributed by atoms with Crippen LogP contribution in [0.5, 0.6) is 0 Å². The Hall–Kier alpha value is -2.40. The summed E-state index contributed by atoms with van der Waals surface area (Å²) in [5.74, 6) is 1.41. The van der Waals surface area contributed by atoms with Crippen molar-refractivity contribution >= 4 is 28.7 Å². The van der Waals surface area contributed by atoms with E-state index in [1.54, 1.807) is 6.20 Å². The number of aryl methyl sites for hydroxylation is 1. The number of imidazole rings is 1. The second-order valence-electron chi connectivity index (χ2n) is 6.65. The Morgan fingerprint density at radius 2 is 2.12 bits per heavy atom. The van der Waals surface area contributed by atoms with Gasteiger partial charge in [-0.25, -0.2) is 9.97 Å². The largest absolute Gasteiger partial charge is 0.342 e. The van der Waals surface area contributed by atoms with Gasteiger partial charge >= 0.3 is 0 Å². The first-order valence-corrected chi connectivity index (χ1v) is 9.37. The van der Waals surface area contributed by atoms with E-state index in [4.69, 9.17) is 16.6 Å². The van der Waals surface area contributed by atoms with Gasteiger partial charge in [-0.1, -0.05) is 29.8 Å². The number of rotatable bonds is 4. The zero-order chi connectivity index (χ0) is 18.1. The highest BCUT2D eigenvalue weighted by molar-refractivity contribution is 6.31. The lowest BCUT2D eigenvalue weighted by molar-refractivity contribution is -0.129. The van der Waals surface area contributed by atoms with Crippen molar-refractivity contribution < 1.29 is 4.79 Å². The van der Waals surface area contributed by atoms with Crippen molar-refractivity contribution in [1.29, 1.82) is 0 Å². The van der Waals surface area contributed by atoms with Crippen LogP contribution in [-0.4, -0.2) is 38.4 Å². The van der Waals surface area contributed by atoms with Gasteiger partial charge in [0.1, 0.15) is 11.3 Å². The summed E-state index contributed by atoms with van der Waals surface area (Å²) < 4.78 is 2.17. The minimum absolute atomic E-state index is 0.123. The number of amides is 1. The fourth-order valence-electron chi connectivity index (χ4n) is 3.71. The van der Waals surface area contributed by atoms with Crippen LogP contribution in [0.15, 0.2) is 42.6 Å². The van der Waals surface area contributed by atoms with Crippen molar-refractivity contribution in [2.75, 3.05) is 13.1 Å². The lowest BCUT2D eigenvalue weighted by Crippen LogP contribution is -2.30. The summed E-state index contributed by atoms with van der Waals surface area (Å²) in [6.45, 7) is 4.39. The molecule has 1 amide bonds. The summed E-state index contributed by atoms with van der Waals surface area (Å²) in [5, 5.41) is 0.649. The van der Waals surface area contributed by atoms with Gasteiger partial charge in [0.2, 0.25) is 5.91 Å². The lowest BCUT2D eigenvalue weighted by Gasteiger charge is -2.17. The van der Waals surface area contributed by atoms with E-state index in [-0.39, 0.29) is 11.8 Å². The monoisotopic (exact) mass is 368 g/mol. The Labute approximate surface area is 157 Å². The van der Waals surface area contributed by atoms with Gasteiger partial charge in [0.15, 0.2) is 5.65 Å². The molecule has 5 nitrogen and oxygen atoms in total. The molecule has 1 aliphatic rings. The van der Waals surface area contributed by atoms with Gasteiger partial charge < -0.3 is 9.47 Å². The standard InChI is InChI=1S/C20H21ClN4O/c1-2-25-19(23-17-8-5-10-22-20(17)25)15-9-11-24(13-15)18(26)12-14-6-3-4-7-16(14)21/h3-8,10,15H,2,9,11-13H2,1H3/t15-/m1/s1. The summed E-state index contributed by atoms with van der Waals surface area (Å²) >= 11 is 6.19. The average molecular weight is 369 g/mol. The Kier molecular flexibility index (Phi) is 4.64. The predicted octanol–water partition coefficient (Wildman–Crippen LogP) is 3.66. The van der Waals surface area contributed by atoms with Crippen LogP contribution in [0.2, 0.25) is 5.02 Å². The molecule has 0 saturated carbocycles. The molecule has 1 aliphatic heterocycles. The molecule has 0 N–H and O–H groups in total. The van der Waals surface area contributed by atoms with Crippen LogP contribution in [-0.2, 0) is 17.8 Å². The Balaban J connectivity index is 1.52. The van der Waals surface area contributed by atoms with E-state index in [1.807, 2.05) is 41.3 Å². The fraction of sp³-hybridized carbons (Fsp3) is 0.350. The Morgan fingerprint density at radius 1 is 1.27 bits per heavy atom. The zero-order valence-electron chi connectivity index (χ0n) is 14.7. The van der Waals surface area contributed by atoms with Crippen molar-refractivity contribution in [2.24, 2.45) is 0 Å². The smallest absolute Gasteiger partial charge is 0.227 e. The third-order valence-corrected chi connectivity index (χ3v) is 5.42. The number of hydrogen-bond donors (Lipinski definition) is 0. The number of benzene rings is 1. The minimum Gasteiger partial charge on any atom is -0.342 e. The van der Waals surface area contributed by atoms with E-state index >= 15 is 0 Å². The highest BCUT2D eigenvalue weighted by Crippen LogP contribution is 2.29. The number of halogens is 1. The van der Waals surface area contributed by atoms with Crippen molar-refractivity contribution in [2.45, 2.75) is 32.2 Å². The quantitative estimate of drug-likeness (QED) is 0.706. The molecule has 1 atom stereocenters. The highest BCUT2D eigenvalue weighted by Gasteiger charge is 2.31. The molecule has 3 heterocycles. The molecule has 2 aromatic heterocycles. The normalized spacial score (nSPS) is 17.2. The summed E-state index contributed by atoms with van der Waals surface area (Å²) in [4.78, 5) is 23.9. The zero-order valence-corrected chi connectivity index (χ0v) is 15.5. The summed E-state index contributed by atoms with van der Waals surface area (Å²) in [5.41, 5.74) is 2.73. The molecular formula is C20H21ClN4O. The van der Waals surface area contributed by atoms with Crippen molar-refractivity contribution in [1.82, 2.24) is 19.4 Å². The molecule has 4 rings (SSSR count). The van der Waals surface area contributed by atoms with E-state index in [1.165, 1.54) is 0 Å². The van der Waals surface area contributed by atoms with E-state index in [0.29, 0.717) is 18.0 Å². The van der Waals surface area contributed by atoms with Gasteiger partial charge in [0.05, 0.1) is 6.42 Å². The second-order valence-corrected chi connectivity index (χ2v) is 7.06. The van der Waals surface area contributed by atoms with Gasteiger partial charge in [0, 0.05) is 36.8 Å². The SMILES string of the molecule is CCn1c([C@@H]2CCN(C(=O)Cc3ccccc3Cl)C2)nc2cccnc21. The summed E-state index contributed by atoms with van der Waals surface area (Å²) in [6, 6.07) is 11.4. The summed E-state index contributed by atoms with van der Waals surface area (Å²) in [6.07, 6.45) is 3.07. The van der Waals surface area contributed by atoms with Crippen LogP contribution in [0.25, 0.3) is 11.2 Å². The molecule has 0 unspecified atom stereocenters. The van der Waals surface area contributed by atoms with E-state index < -0.39 is 0 Å². The van der Waals surface area contributed by atoms with Crippen LogP contribution >= 0.6 is 11.6 Å². The number of nitrogens with zero attached hydrogens (tertiary/aromatic N) is 4. The molecule has 134 valence electrons. The number of fused-ring (bicyclic) bond motifs is 1. The van der Waals surface area contributed by atoms with Gasteiger partial charge in [0.25, 0.3) is 0 Å². The van der Waals surface area contributed by atoms with E-state index in [9.17, 15) is 4.79 Å². The third kappa shape index (κ3) is 3.07. The van der Waals surface area contributed by atoms with Crippen LogP contribution < -0.4 is 0 Å². The first-order chi connectivity index (χ1) is 12.7. The van der Waals surface area contributed by atoms with Crippen molar-refractivity contribution in [3.8, 4) is 0 Å². The molecule has 6 heteroatoms. The molecule has 1 aromatic carbocycles. The molecule has 1 fully saturated rings. The van der Waals surface area contributed by atoms with E-state index in [2.05, 4.69) is 16.5 Å². The number of pyridine rings is 1. The maximum absolute atomic E-state index is 12.7. The fourth-order valence-corrected chi connectivity index (χ4v) is 3.92. The van der Waals surface area contributed by atoms with Crippen LogP contribution in [0.3, 0.4) is 0 Å². The van der Waals surface area contributed by atoms with Crippen LogP contribution in [0, 0.1) is 0 Å². The topological polar surface area (TPSA) is 51.0 Å². The molecule has 0 spiro atoms. The van der Waals surface area contributed by atoms with Gasteiger partial charge in [-0.2, -0.15) is 0 Å². The predicted molar refractivity (Wildman–Crippen MR) is 102 cm³/mol.